The molecule has 0 fully saturated rings. The van der Waals surface area contributed by atoms with Gasteiger partial charge in [-0.2, -0.15) is 0 Å². The van der Waals surface area contributed by atoms with Crippen molar-refractivity contribution in [2.24, 2.45) is 5.41 Å². The summed E-state index contributed by atoms with van der Waals surface area (Å²) in [5, 5.41) is 14.0. The first-order chi connectivity index (χ1) is 31.0. The van der Waals surface area contributed by atoms with Crippen LogP contribution in [0.4, 0.5) is 5.69 Å². The first kappa shape index (κ1) is 40.5. The molecule has 11 rings (SSSR count). The minimum absolute atomic E-state index is 0.188. The molecule has 0 aliphatic rings. The van der Waals surface area contributed by atoms with E-state index in [2.05, 4.69) is 157 Å². The Hall–Kier alpha value is -5.26. The molecule has 1 N–H and O–H groups in total. The van der Waals surface area contributed by atoms with Crippen molar-refractivity contribution in [3.63, 3.8) is 0 Å². The molecule has 3 nitrogen and oxygen atoms in total. The Bertz CT molecular complexity index is 3250. The van der Waals surface area contributed by atoms with E-state index in [9.17, 15) is 4.79 Å². The molecule has 0 saturated carbocycles. The summed E-state index contributed by atoms with van der Waals surface area (Å²) in [6, 6.07) is 59.1. The molecule has 0 radical (unpaired) electrons. The van der Waals surface area contributed by atoms with E-state index >= 15 is 0 Å². The highest BCUT2D eigenvalue weighted by molar-refractivity contribution is 8.01. The van der Waals surface area contributed by atoms with Crippen molar-refractivity contribution in [2.45, 2.75) is 14.7 Å². The summed E-state index contributed by atoms with van der Waals surface area (Å²) < 4.78 is 13.6. The van der Waals surface area contributed by atoms with Crippen LogP contribution in [0.25, 0.3) is 71.3 Å². The van der Waals surface area contributed by atoms with Gasteiger partial charge in [-0.25, -0.2) is 4.79 Å². The summed E-state index contributed by atoms with van der Waals surface area (Å²) in [5.74, 6) is 2.77. The number of carbonyl (C=O) groups excluding carboxylic acids is 1. The summed E-state index contributed by atoms with van der Waals surface area (Å²) in [7, 11) is 0. The molecule has 0 bridgehead atoms. The zero-order valence-electron chi connectivity index (χ0n) is 34.0. The fourth-order valence-electron chi connectivity index (χ4n) is 8.32. The van der Waals surface area contributed by atoms with Gasteiger partial charge in [0.15, 0.2) is 0 Å². The number of nitrogens with one attached hydrogen (secondary N) is 1. The van der Waals surface area contributed by atoms with Crippen molar-refractivity contribution >= 4 is 152 Å². The summed E-state index contributed by atoms with van der Waals surface area (Å²) in [6.07, 6.45) is 1.19. The van der Waals surface area contributed by atoms with Crippen LogP contribution >= 0.6 is 69.3 Å². The molecule has 0 spiro atoms. The Labute approximate surface area is 390 Å². The molecule has 0 aliphatic carbocycles. The van der Waals surface area contributed by atoms with Crippen LogP contribution in [0.2, 0.25) is 0 Å². The predicted octanol–water partition coefficient (Wildman–Crippen LogP) is 16.8. The van der Waals surface area contributed by atoms with Crippen LogP contribution in [-0.4, -0.2) is 29.8 Å². The van der Waals surface area contributed by atoms with Gasteiger partial charge < -0.3 is 10.1 Å². The quantitative estimate of drug-likeness (QED) is 0.0507. The van der Waals surface area contributed by atoms with Gasteiger partial charge in [0.25, 0.3) is 0 Å². The second kappa shape index (κ2) is 17.4. The number of thiophene rings is 3. The van der Waals surface area contributed by atoms with E-state index in [4.69, 9.17) is 4.74 Å². The van der Waals surface area contributed by atoms with Gasteiger partial charge >= 0.3 is 5.97 Å². The number of rotatable bonds is 14. The van der Waals surface area contributed by atoms with Crippen LogP contribution < -0.4 is 10.1 Å². The summed E-state index contributed by atoms with van der Waals surface area (Å²) in [5.41, 5.74) is 0.844. The van der Waals surface area contributed by atoms with E-state index in [0.29, 0.717) is 5.75 Å². The number of hydrogen-bond donors (Lipinski definition) is 1. The Morgan fingerprint density at radius 1 is 0.524 bits per heavy atom. The topological polar surface area (TPSA) is 38.3 Å². The second-order valence-electron chi connectivity index (χ2n) is 15.8. The molecule has 9 heteroatoms. The van der Waals surface area contributed by atoms with Crippen LogP contribution in [-0.2, 0) is 4.79 Å². The second-order valence-corrected chi connectivity index (χ2v) is 22.0. The van der Waals surface area contributed by atoms with E-state index in [1.807, 2.05) is 87.5 Å². The van der Waals surface area contributed by atoms with Gasteiger partial charge in [0.05, 0.1) is 0 Å². The third-order valence-electron chi connectivity index (χ3n) is 11.6. The van der Waals surface area contributed by atoms with Crippen molar-refractivity contribution < 1.29 is 9.53 Å². The van der Waals surface area contributed by atoms with Crippen molar-refractivity contribution in [1.82, 2.24) is 0 Å². The van der Waals surface area contributed by atoms with Crippen LogP contribution in [0.1, 0.15) is 0 Å². The number of carbonyl (C=O) groups is 1. The largest absolute Gasteiger partial charge is 0.423 e. The number of hydrogen-bond acceptors (Lipinski definition) is 9. The van der Waals surface area contributed by atoms with Crippen molar-refractivity contribution in [1.29, 1.82) is 0 Å². The van der Waals surface area contributed by atoms with Crippen molar-refractivity contribution in [2.75, 3.05) is 29.1 Å². The van der Waals surface area contributed by atoms with Crippen LogP contribution in [0, 0.1) is 5.41 Å². The predicted molar refractivity (Wildman–Crippen MR) is 281 cm³/mol. The number of benzene rings is 8. The molecule has 3 aromatic heterocycles. The number of anilines is 1. The maximum Gasteiger partial charge on any atom is 0.335 e. The average molecular weight is 926 g/mol. The molecule has 0 aliphatic heterocycles. The first-order valence-electron chi connectivity index (χ1n) is 20.7. The Morgan fingerprint density at radius 3 is 1.44 bits per heavy atom. The molecular weight excluding hydrogens is 887 g/mol. The maximum absolute atomic E-state index is 12.1. The van der Waals surface area contributed by atoms with Gasteiger partial charge in [-0.05, 0) is 71.4 Å². The van der Waals surface area contributed by atoms with Crippen LogP contribution in [0.15, 0.2) is 191 Å². The average Bonchev–Trinajstić information content (AvgIpc) is 4.03. The molecule has 0 saturated heterocycles. The number of esters is 1. The summed E-state index contributed by atoms with van der Waals surface area (Å²) >= 11 is 11.7. The molecule has 308 valence electrons. The summed E-state index contributed by atoms with van der Waals surface area (Å²) in [6.45, 7) is 4.32. The minimum Gasteiger partial charge on any atom is -0.423 e. The maximum atomic E-state index is 12.1. The molecule has 11 aromatic rings. The van der Waals surface area contributed by atoms with E-state index in [1.165, 1.54) is 81.3 Å². The number of ether oxygens (including phenoxy) is 1. The fourth-order valence-corrected chi connectivity index (χ4v) is 16.5. The normalized spacial score (nSPS) is 12.1. The lowest BCUT2D eigenvalue weighted by Crippen LogP contribution is -2.37. The van der Waals surface area contributed by atoms with Crippen LogP contribution in [0.5, 0.6) is 5.75 Å². The van der Waals surface area contributed by atoms with E-state index in [0.717, 1.165) is 40.3 Å². The van der Waals surface area contributed by atoms with Gasteiger partial charge in [-0.1, -0.05) is 110 Å². The molecule has 63 heavy (non-hydrogen) atoms. The van der Waals surface area contributed by atoms with E-state index in [1.54, 1.807) is 0 Å². The minimum atomic E-state index is -0.468. The smallest absolute Gasteiger partial charge is 0.335 e. The van der Waals surface area contributed by atoms with Gasteiger partial charge in [0.2, 0.25) is 0 Å². The van der Waals surface area contributed by atoms with Gasteiger partial charge in [0, 0.05) is 116 Å². The highest BCUT2D eigenvalue weighted by atomic mass is 32.2. The van der Waals surface area contributed by atoms with Crippen molar-refractivity contribution in [3.8, 4) is 5.75 Å². The molecular formula is C54H39NO2S6. The SMILES string of the molecule is C=CC(=O)Oc1ccc2ccc(NCC(CSc3cccc4c3sc3ccccc34)(CSc3cccc4c3sc3ccccc34)CSc3cccc4c3sc3ccccc34)cc2c1. The fraction of sp³-hybridized carbons (Fsp3) is 0.0926. The molecule has 0 unspecified atom stereocenters. The van der Waals surface area contributed by atoms with E-state index in [-0.39, 0.29) is 5.41 Å². The first-order valence-corrected chi connectivity index (χ1v) is 26.1. The molecule has 0 atom stereocenters. The Kier molecular flexibility index (Phi) is 11.2. The van der Waals surface area contributed by atoms with E-state index < -0.39 is 5.97 Å². The zero-order chi connectivity index (χ0) is 42.3. The van der Waals surface area contributed by atoms with Crippen molar-refractivity contribution in [3.05, 3.63) is 176 Å². The lowest BCUT2D eigenvalue weighted by atomic mass is 9.95. The van der Waals surface area contributed by atoms with Gasteiger partial charge in [0.1, 0.15) is 5.75 Å². The summed E-state index contributed by atoms with van der Waals surface area (Å²) in [4.78, 5) is 16.1. The monoisotopic (exact) mass is 925 g/mol. The Balaban J connectivity index is 0.999. The van der Waals surface area contributed by atoms with Gasteiger partial charge in [-0.15, -0.1) is 69.3 Å². The highest BCUT2D eigenvalue weighted by Crippen LogP contribution is 2.47. The van der Waals surface area contributed by atoms with Gasteiger partial charge in [-0.3, -0.25) is 0 Å². The third-order valence-corrected chi connectivity index (χ3v) is 19.8. The Morgan fingerprint density at radius 2 is 0.968 bits per heavy atom. The zero-order valence-corrected chi connectivity index (χ0v) is 38.9. The standard InChI is InChI=1S/C54H39NO2S6/c1-2-50(56)57-37-27-25-34-24-26-36(28-35(34)29-37)55-30-54(31-58-47-21-9-15-41-38-12-3-6-18-44(38)61-51(41)47,32-59-48-22-10-16-42-39-13-4-7-19-45(39)62-52(42)48)33-60-49-23-11-17-43-40-14-5-8-20-46(40)63-53(43)49/h2-29,55H,1,30-33H2. The number of thioether (sulfide) groups is 3. The number of fused-ring (bicyclic) bond motifs is 10. The molecule has 3 heterocycles. The van der Waals surface area contributed by atoms with Crippen LogP contribution in [0.3, 0.4) is 0 Å². The molecule has 0 amide bonds. The lowest BCUT2D eigenvalue weighted by Gasteiger charge is -2.34. The lowest BCUT2D eigenvalue weighted by molar-refractivity contribution is -0.128. The third kappa shape index (κ3) is 8.00. The highest BCUT2D eigenvalue weighted by Gasteiger charge is 2.33. The molecule has 8 aromatic carbocycles.